The standard InChI is InChI=1S/C13H25N3/c1-12(2,3)16-11(7-8-14)9-15(6)10-13(16,4)5/h11H,7,9-10H2,1-6H3. The van der Waals surface area contributed by atoms with Crippen molar-refractivity contribution in [2.24, 2.45) is 0 Å². The van der Waals surface area contributed by atoms with Gasteiger partial charge in [0, 0.05) is 30.2 Å². The van der Waals surface area contributed by atoms with E-state index < -0.39 is 0 Å². The van der Waals surface area contributed by atoms with E-state index in [0.717, 1.165) is 13.1 Å². The zero-order valence-electron chi connectivity index (χ0n) is 11.5. The lowest BCUT2D eigenvalue weighted by Crippen LogP contribution is -2.68. The van der Waals surface area contributed by atoms with Crippen LogP contribution in [0.4, 0.5) is 0 Å². The van der Waals surface area contributed by atoms with Gasteiger partial charge in [-0.3, -0.25) is 4.90 Å². The van der Waals surface area contributed by atoms with E-state index in [1.165, 1.54) is 0 Å². The van der Waals surface area contributed by atoms with E-state index in [1.807, 2.05) is 0 Å². The summed E-state index contributed by atoms with van der Waals surface area (Å²) in [6.07, 6.45) is 0.616. The fraction of sp³-hybridized carbons (Fsp3) is 0.923. The summed E-state index contributed by atoms with van der Waals surface area (Å²) in [7, 11) is 2.14. The van der Waals surface area contributed by atoms with Crippen LogP contribution in [-0.4, -0.2) is 47.1 Å². The average Bonchev–Trinajstić information content (AvgIpc) is 1.96. The van der Waals surface area contributed by atoms with Gasteiger partial charge in [-0.15, -0.1) is 0 Å². The topological polar surface area (TPSA) is 30.3 Å². The molecule has 92 valence electrons. The van der Waals surface area contributed by atoms with Gasteiger partial charge >= 0.3 is 0 Å². The SMILES string of the molecule is CN1CC(CC#N)N(C(C)(C)C)C(C)(C)C1. The van der Waals surface area contributed by atoms with Crippen molar-refractivity contribution in [2.45, 2.75) is 58.2 Å². The Morgan fingerprint density at radius 1 is 1.38 bits per heavy atom. The molecule has 1 aliphatic rings. The van der Waals surface area contributed by atoms with E-state index in [-0.39, 0.29) is 11.1 Å². The Hall–Kier alpha value is -0.590. The van der Waals surface area contributed by atoms with Crippen molar-refractivity contribution >= 4 is 0 Å². The Bertz CT molecular complexity index is 283. The monoisotopic (exact) mass is 223 g/mol. The van der Waals surface area contributed by atoms with Crippen molar-refractivity contribution in [3.63, 3.8) is 0 Å². The van der Waals surface area contributed by atoms with Crippen LogP contribution >= 0.6 is 0 Å². The molecule has 3 nitrogen and oxygen atoms in total. The minimum atomic E-state index is 0.117. The molecule has 1 heterocycles. The van der Waals surface area contributed by atoms with E-state index in [4.69, 9.17) is 5.26 Å². The van der Waals surface area contributed by atoms with Gasteiger partial charge in [0.2, 0.25) is 0 Å². The lowest BCUT2D eigenvalue weighted by Gasteiger charge is -2.56. The molecular weight excluding hydrogens is 198 g/mol. The molecule has 0 radical (unpaired) electrons. The second kappa shape index (κ2) is 4.35. The maximum Gasteiger partial charge on any atom is 0.0638 e. The van der Waals surface area contributed by atoms with E-state index in [9.17, 15) is 0 Å². The molecule has 0 amide bonds. The molecule has 1 rings (SSSR count). The first-order valence-electron chi connectivity index (χ1n) is 6.03. The van der Waals surface area contributed by atoms with Crippen LogP contribution in [0, 0.1) is 11.3 Å². The average molecular weight is 223 g/mol. The highest BCUT2D eigenvalue weighted by atomic mass is 15.4. The lowest BCUT2D eigenvalue weighted by atomic mass is 9.87. The maximum absolute atomic E-state index is 8.96. The molecule has 1 aliphatic heterocycles. The summed E-state index contributed by atoms with van der Waals surface area (Å²) in [4.78, 5) is 4.85. The second-order valence-corrected chi connectivity index (χ2v) is 6.57. The largest absolute Gasteiger partial charge is 0.303 e. The van der Waals surface area contributed by atoms with Crippen LogP contribution < -0.4 is 0 Å². The number of piperazine rings is 1. The highest BCUT2D eigenvalue weighted by molar-refractivity contribution is 5.02. The summed E-state index contributed by atoms with van der Waals surface area (Å²) in [6, 6.07) is 2.68. The Labute approximate surface area is 100 Å². The summed E-state index contributed by atoms with van der Waals surface area (Å²) in [5.41, 5.74) is 0.249. The fourth-order valence-electron chi connectivity index (χ4n) is 3.45. The van der Waals surface area contributed by atoms with Crippen LogP contribution in [0.25, 0.3) is 0 Å². The molecule has 0 N–H and O–H groups in total. The molecule has 1 fully saturated rings. The zero-order valence-corrected chi connectivity index (χ0v) is 11.5. The van der Waals surface area contributed by atoms with Gasteiger partial charge < -0.3 is 4.90 Å². The number of nitriles is 1. The van der Waals surface area contributed by atoms with E-state index in [0.29, 0.717) is 12.5 Å². The molecule has 0 saturated carbocycles. The minimum Gasteiger partial charge on any atom is -0.303 e. The van der Waals surface area contributed by atoms with E-state index in [2.05, 4.69) is 57.5 Å². The molecule has 0 spiro atoms. The third-order valence-electron chi connectivity index (χ3n) is 3.25. The fourth-order valence-corrected chi connectivity index (χ4v) is 3.45. The van der Waals surface area contributed by atoms with Gasteiger partial charge in [0.05, 0.1) is 12.5 Å². The summed E-state index contributed by atoms with van der Waals surface area (Å²) in [5, 5.41) is 8.96. The van der Waals surface area contributed by atoms with Crippen LogP contribution in [0.2, 0.25) is 0 Å². The number of hydrogen-bond acceptors (Lipinski definition) is 3. The van der Waals surface area contributed by atoms with Crippen molar-refractivity contribution in [1.29, 1.82) is 5.26 Å². The predicted molar refractivity (Wildman–Crippen MR) is 67.2 cm³/mol. The van der Waals surface area contributed by atoms with Crippen LogP contribution in [0.5, 0.6) is 0 Å². The molecular formula is C13H25N3. The summed E-state index contributed by atoms with van der Waals surface area (Å²) < 4.78 is 0. The van der Waals surface area contributed by atoms with Gasteiger partial charge in [-0.1, -0.05) is 0 Å². The van der Waals surface area contributed by atoms with Gasteiger partial charge in [-0.05, 0) is 41.7 Å². The van der Waals surface area contributed by atoms with Gasteiger partial charge in [0.1, 0.15) is 0 Å². The first kappa shape index (κ1) is 13.5. The highest BCUT2D eigenvalue weighted by Crippen LogP contribution is 2.33. The van der Waals surface area contributed by atoms with Crippen molar-refractivity contribution < 1.29 is 0 Å². The summed E-state index contributed by atoms with van der Waals surface area (Å²) in [6.45, 7) is 13.3. The van der Waals surface area contributed by atoms with Crippen LogP contribution in [0.3, 0.4) is 0 Å². The van der Waals surface area contributed by atoms with Crippen LogP contribution in [0.1, 0.15) is 41.0 Å². The third-order valence-corrected chi connectivity index (χ3v) is 3.25. The van der Waals surface area contributed by atoms with Crippen molar-refractivity contribution in [1.82, 2.24) is 9.80 Å². The van der Waals surface area contributed by atoms with Crippen molar-refractivity contribution in [2.75, 3.05) is 20.1 Å². The van der Waals surface area contributed by atoms with Gasteiger partial charge in [0.25, 0.3) is 0 Å². The number of hydrogen-bond donors (Lipinski definition) is 0. The molecule has 0 bridgehead atoms. The van der Waals surface area contributed by atoms with Crippen LogP contribution in [-0.2, 0) is 0 Å². The molecule has 0 aliphatic carbocycles. The van der Waals surface area contributed by atoms with Gasteiger partial charge in [-0.2, -0.15) is 5.26 Å². The molecule has 0 aromatic rings. The quantitative estimate of drug-likeness (QED) is 0.682. The smallest absolute Gasteiger partial charge is 0.0638 e. The first-order valence-corrected chi connectivity index (χ1v) is 6.03. The highest BCUT2D eigenvalue weighted by Gasteiger charge is 2.43. The Morgan fingerprint density at radius 3 is 2.38 bits per heavy atom. The lowest BCUT2D eigenvalue weighted by molar-refractivity contribution is -0.0715. The van der Waals surface area contributed by atoms with Gasteiger partial charge in [-0.25, -0.2) is 0 Å². The van der Waals surface area contributed by atoms with Crippen LogP contribution in [0.15, 0.2) is 0 Å². The molecule has 0 aromatic heterocycles. The first-order chi connectivity index (χ1) is 7.18. The zero-order chi connectivity index (χ0) is 12.6. The third kappa shape index (κ3) is 2.75. The summed E-state index contributed by atoms with van der Waals surface area (Å²) in [5.74, 6) is 0. The molecule has 0 aromatic carbocycles. The minimum absolute atomic E-state index is 0.117. The molecule has 3 heteroatoms. The number of likely N-dealkylation sites (N-methyl/N-ethyl adjacent to an activating group) is 1. The maximum atomic E-state index is 8.96. The number of nitrogens with zero attached hydrogens (tertiary/aromatic N) is 3. The van der Waals surface area contributed by atoms with E-state index >= 15 is 0 Å². The molecule has 1 unspecified atom stereocenters. The second-order valence-electron chi connectivity index (χ2n) is 6.57. The van der Waals surface area contributed by atoms with E-state index in [1.54, 1.807) is 0 Å². The predicted octanol–water partition coefficient (Wildman–Crippen LogP) is 2.09. The van der Waals surface area contributed by atoms with Gasteiger partial charge in [0.15, 0.2) is 0 Å². The summed E-state index contributed by atoms with van der Waals surface area (Å²) >= 11 is 0. The Balaban J connectivity index is 3.00. The Morgan fingerprint density at radius 2 is 1.94 bits per heavy atom. The number of rotatable bonds is 1. The van der Waals surface area contributed by atoms with Crippen molar-refractivity contribution in [3.05, 3.63) is 0 Å². The van der Waals surface area contributed by atoms with Crippen molar-refractivity contribution in [3.8, 4) is 6.07 Å². The molecule has 16 heavy (non-hydrogen) atoms. The normalized spacial score (nSPS) is 27.7. The Kier molecular flexibility index (Phi) is 3.66. The molecule has 1 saturated heterocycles. The molecule has 1 atom stereocenters.